The minimum absolute atomic E-state index is 0.166. The van der Waals surface area contributed by atoms with Crippen LogP contribution in [0.5, 0.6) is 5.75 Å². The maximum atomic E-state index is 13.4. The molecule has 1 aromatic carbocycles. The monoisotopic (exact) mass is 469 g/mol. The predicted octanol–water partition coefficient (Wildman–Crippen LogP) is 4.31. The molecular weight excluding hydrogens is 426 g/mol. The first-order valence-electron chi connectivity index (χ1n) is 13.1. The first-order valence-corrected chi connectivity index (χ1v) is 13.1. The van der Waals surface area contributed by atoms with Gasteiger partial charge in [-0.05, 0) is 24.8 Å². The van der Waals surface area contributed by atoms with E-state index in [0.717, 1.165) is 76.3 Å². The average molecular weight is 470 g/mol. The van der Waals surface area contributed by atoms with Gasteiger partial charge in [0.15, 0.2) is 0 Å². The van der Waals surface area contributed by atoms with E-state index in [2.05, 4.69) is 30.9 Å². The molecule has 188 valence electrons. The third kappa shape index (κ3) is 7.86. The molecule has 0 radical (unpaired) electrons. The highest BCUT2D eigenvalue weighted by atomic mass is 16.5. The summed E-state index contributed by atoms with van der Waals surface area (Å²) in [7, 11) is 1.68. The van der Waals surface area contributed by atoms with Crippen molar-refractivity contribution >= 4 is 17.9 Å². The van der Waals surface area contributed by atoms with Crippen LogP contribution < -0.4 is 4.74 Å². The lowest BCUT2D eigenvalue weighted by Crippen LogP contribution is -2.51. The van der Waals surface area contributed by atoms with Crippen LogP contribution in [0.4, 0.5) is 0 Å². The summed E-state index contributed by atoms with van der Waals surface area (Å²) in [6, 6.07) is 7.95. The van der Waals surface area contributed by atoms with Crippen molar-refractivity contribution in [1.29, 1.82) is 0 Å². The molecule has 0 atom stereocenters. The fourth-order valence-corrected chi connectivity index (χ4v) is 4.97. The van der Waals surface area contributed by atoms with Crippen LogP contribution in [0.25, 0.3) is 6.08 Å². The summed E-state index contributed by atoms with van der Waals surface area (Å²) in [6.07, 6.45) is 10.4. The molecule has 6 heteroatoms. The number of carbonyl (C=O) groups is 2. The zero-order chi connectivity index (χ0) is 24.3. The number of benzene rings is 1. The summed E-state index contributed by atoms with van der Waals surface area (Å²) in [5.41, 5.74) is 1.03. The van der Waals surface area contributed by atoms with Gasteiger partial charge >= 0.3 is 0 Å². The first-order chi connectivity index (χ1) is 16.5. The van der Waals surface area contributed by atoms with Gasteiger partial charge in [0.25, 0.3) is 0 Å². The van der Waals surface area contributed by atoms with Gasteiger partial charge < -0.3 is 14.5 Å². The molecule has 0 aromatic heterocycles. The Balaban J connectivity index is 1.56. The first kappa shape index (κ1) is 26.3. The number of nitrogens with zero attached hydrogens (tertiary/aromatic N) is 3. The second-order valence-electron chi connectivity index (χ2n) is 10.1. The number of rotatable bonds is 10. The van der Waals surface area contributed by atoms with Crippen LogP contribution in [-0.4, -0.2) is 79.4 Å². The molecule has 2 aliphatic rings. The number of ether oxygens (including phenoxy) is 1. The van der Waals surface area contributed by atoms with E-state index in [1.807, 2.05) is 34.1 Å². The zero-order valence-electron chi connectivity index (χ0n) is 21.4. The normalized spacial score (nSPS) is 17.9. The predicted molar refractivity (Wildman–Crippen MR) is 138 cm³/mol. The van der Waals surface area contributed by atoms with Crippen molar-refractivity contribution in [1.82, 2.24) is 14.7 Å². The van der Waals surface area contributed by atoms with Gasteiger partial charge in [-0.25, -0.2) is 0 Å². The summed E-state index contributed by atoms with van der Waals surface area (Å²) in [5.74, 6) is 1.97. The van der Waals surface area contributed by atoms with Crippen LogP contribution in [-0.2, 0) is 9.59 Å². The minimum atomic E-state index is 0.166. The lowest BCUT2D eigenvalue weighted by Gasteiger charge is -2.36. The highest BCUT2D eigenvalue weighted by Gasteiger charge is 2.27. The summed E-state index contributed by atoms with van der Waals surface area (Å²) in [6.45, 7) is 9.71. The van der Waals surface area contributed by atoms with Crippen molar-refractivity contribution in [2.45, 2.75) is 52.4 Å². The van der Waals surface area contributed by atoms with Gasteiger partial charge in [-0.2, -0.15) is 0 Å². The number of carbonyl (C=O) groups excluding carboxylic acids is 2. The summed E-state index contributed by atoms with van der Waals surface area (Å²) in [5, 5.41) is 0. The van der Waals surface area contributed by atoms with Crippen LogP contribution in [0.1, 0.15) is 57.9 Å². The quantitative estimate of drug-likeness (QED) is 0.513. The summed E-state index contributed by atoms with van der Waals surface area (Å²) >= 11 is 0. The SMILES string of the molecule is COc1ccccc1/C=C/CN(CCN1CCN(C(=O)CC(C)C)CC1)C(=O)C1CCCCC1. The molecule has 3 rings (SSSR count). The highest BCUT2D eigenvalue weighted by Crippen LogP contribution is 2.26. The number of para-hydroxylation sites is 1. The third-order valence-electron chi connectivity index (χ3n) is 7.02. The average Bonchev–Trinajstić information content (AvgIpc) is 2.86. The Kier molecular flexibility index (Phi) is 10.4. The highest BCUT2D eigenvalue weighted by molar-refractivity contribution is 5.79. The summed E-state index contributed by atoms with van der Waals surface area (Å²) in [4.78, 5) is 32.2. The molecule has 2 amide bonds. The Hall–Kier alpha value is -2.34. The van der Waals surface area contributed by atoms with Crippen LogP contribution in [0.15, 0.2) is 30.3 Å². The van der Waals surface area contributed by atoms with Gasteiger partial charge in [0, 0.05) is 63.7 Å². The molecule has 1 saturated carbocycles. The van der Waals surface area contributed by atoms with Crippen molar-refractivity contribution < 1.29 is 14.3 Å². The number of piperazine rings is 1. The number of amides is 2. The van der Waals surface area contributed by atoms with E-state index in [0.29, 0.717) is 24.8 Å². The lowest BCUT2D eigenvalue weighted by atomic mass is 9.88. The van der Waals surface area contributed by atoms with E-state index in [9.17, 15) is 9.59 Å². The van der Waals surface area contributed by atoms with Gasteiger partial charge in [-0.15, -0.1) is 0 Å². The Morgan fingerprint density at radius 1 is 1.09 bits per heavy atom. The minimum Gasteiger partial charge on any atom is -0.496 e. The number of hydrogen-bond acceptors (Lipinski definition) is 4. The second-order valence-corrected chi connectivity index (χ2v) is 10.1. The molecule has 0 unspecified atom stereocenters. The molecule has 1 aliphatic carbocycles. The molecule has 0 spiro atoms. The fourth-order valence-electron chi connectivity index (χ4n) is 4.97. The van der Waals surface area contributed by atoms with Crippen molar-refractivity contribution in [3.63, 3.8) is 0 Å². The standard InChI is InChI=1S/C28H43N3O3/c1-23(2)22-27(32)30-19-16-29(17-20-30)18-21-31(28(33)25-11-5-4-6-12-25)15-9-13-24-10-7-8-14-26(24)34-3/h7-10,13-14,23,25H,4-6,11-12,15-22H2,1-3H3/b13-9+. The maximum Gasteiger partial charge on any atom is 0.226 e. The van der Waals surface area contributed by atoms with Crippen LogP contribution in [0.3, 0.4) is 0 Å². The van der Waals surface area contributed by atoms with E-state index in [4.69, 9.17) is 4.74 Å². The molecule has 0 bridgehead atoms. The van der Waals surface area contributed by atoms with Crippen LogP contribution in [0, 0.1) is 11.8 Å². The Morgan fingerprint density at radius 2 is 1.79 bits per heavy atom. The van der Waals surface area contributed by atoms with E-state index in [1.54, 1.807) is 7.11 Å². The Labute approximate surface area is 205 Å². The van der Waals surface area contributed by atoms with Gasteiger partial charge in [-0.1, -0.05) is 63.5 Å². The van der Waals surface area contributed by atoms with Crippen molar-refractivity contribution in [3.05, 3.63) is 35.9 Å². The molecule has 1 heterocycles. The third-order valence-corrected chi connectivity index (χ3v) is 7.02. The molecular formula is C28H43N3O3. The molecule has 6 nitrogen and oxygen atoms in total. The number of methoxy groups -OCH3 is 1. The van der Waals surface area contributed by atoms with E-state index >= 15 is 0 Å². The fraction of sp³-hybridized carbons (Fsp3) is 0.643. The molecule has 1 aliphatic heterocycles. The van der Waals surface area contributed by atoms with Gasteiger partial charge in [0.1, 0.15) is 5.75 Å². The van der Waals surface area contributed by atoms with Crippen molar-refractivity contribution in [2.24, 2.45) is 11.8 Å². The topological polar surface area (TPSA) is 53.1 Å². The number of hydrogen-bond donors (Lipinski definition) is 0. The van der Waals surface area contributed by atoms with E-state index < -0.39 is 0 Å². The Bertz CT molecular complexity index is 809. The van der Waals surface area contributed by atoms with Gasteiger partial charge in [-0.3, -0.25) is 14.5 Å². The smallest absolute Gasteiger partial charge is 0.226 e. The molecule has 34 heavy (non-hydrogen) atoms. The summed E-state index contributed by atoms with van der Waals surface area (Å²) < 4.78 is 5.45. The van der Waals surface area contributed by atoms with Crippen molar-refractivity contribution in [2.75, 3.05) is 52.9 Å². The van der Waals surface area contributed by atoms with Crippen molar-refractivity contribution in [3.8, 4) is 5.75 Å². The zero-order valence-corrected chi connectivity index (χ0v) is 21.4. The van der Waals surface area contributed by atoms with E-state index in [1.165, 1.54) is 6.42 Å². The van der Waals surface area contributed by atoms with Gasteiger partial charge in [0.2, 0.25) is 11.8 Å². The molecule has 1 saturated heterocycles. The molecule has 0 N–H and O–H groups in total. The Morgan fingerprint density at radius 3 is 2.47 bits per heavy atom. The largest absolute Gasteiger partial charge is 0.496 e. The van der Waals surface area contributed by atoms with Crippen LogP contribution in [0.2, 0.25) is 0 Å². The molecule has 1 aromatic rings. The lowest BCUT2D eigenvalue weighted by molar-refractivity contribution is -0.136. The van der Waals surface area contributed by atoms with Gasteiger partial charge in [0.05, 0.1) is 7.11 Å². The van der Waals surface area contributed by atoms with Crippen LogP contribution >= 0.6 is 0 Å². The van der Waals surface area contributed by atoms with E-state index in [-0.39, 0.29) is 11.8 Å². The molecule has 2 fully saturated rings. The maximum absolute atomic E-state index is 13.4. The second kappa shape index (κ2) is 13.5.